The molecular weight excluding hydrogens is 343 g/mol. The van der Waals surface area contributed by atoms with Gasteiger partial charge >= 0.3 is 6.09 Å². The molecule has 1 aromatic heterocycles. The third-order valence-electron chi connectivity index (χ3n) is 3.55. The van der Waals surface area contributed by atoms with Crippen molar-refractivity contribution in [1.29, 1.82) is 0 Å². The Hall–Kier alpha value is -2.13. The maximum absolute atomic E-state index is 14.7. The van der Waals surface area contributed by atoms with Crippen LogP contribution in [0.15, 0.2) is 12.3 Å². The number of carbonyl (C=O) groups is 1. The summed E-state index contributed by atoms with van der Waals surface area (Å²) in [5.41, 5.74) is -0.405. The molecule has 1 amide bonds. The number of rotatable bonds is 5. The highest BCUT2D eigenvalue weighted by atomic mass is 19.1. The number of hydrogen-bond acceptors (Lipinski definition) is 7. The largest absolute Gasteiger partial charge is 0.486 e. The van der Waals surface area contributed by atoms with E-state index in [1.165, 1.54) is 12.3 Å². The Kier molecular flexibility index (Phi) is 6.60. The van der Waals surface area contributed by atoms with Crippen LogP contribution in [0.5, 0.6) is 5.75 Å². The van der Waals surface area contributed by atoms with Crippen LogP contribution in [0.1, 0.15) is 27.7 Å². The van der Waals surface area contributed by atoms with Crippen molar-refractivity contribution in [3.05, 3.63) is 18.1 Å². The van der Waals surface area contributed by atoms with Gasteiger partial charge in [0, 0.05) is 30.9 Å². The van der Waals surface area contributed by atoms with E-state index in [4.69, 9.17) is 9.47 Å². The fourth-order valence-electron chi connectivity index (χ4n) is 2.43. The predicted octanol–water partition coefficient (Wildman–Crippen LogP) is 1.24. The lowest BCUT2D eigenvalue weighted by Crippen LogP contribution is -2.51. The van der Waals surface area contributed by atoms with Crippen LogP contribution in [-0.4, -0.2) is 60.3 Å². The summed E-state index contributed by atoms with van der Waals surface area (Å²) in [7, 11) is 0. The van der Waals surface area contributed by atoms with Gasteiger partial charge in [-0.1, -0.05) is 0 Å². The Bertz CT molecular complexity index is 623. The summed E-state index contributed by atoms with van der Waals surface area (Å²) in [6, 6.07) is 1.42. The van der Waals surface area contributed by atoms with Gasteiger partial charge < -0.3 is 24.8 Å². The number of amides is 1. The molecule has 1 fully saturated rings. The third-order valence-corrected chi connectivity index (χ3v) is 3.55. The molecule has 1 aromatic rings. The molecule has 146 valence electrons. The zero-order valence-electron chi connectivity index (χ0n) is 15.6. The van der Waals surface area contributed by atoms with Gasteiger partial charge in [0.1, 0.15) is 18.9 Å². The Labute approximate surface area is 152 Å². The zero-order chi connectivity index (χ0) is 19.3. The topological polar surface area (TPSA) is 96.0 Å². The molecule has 0 aromatic carbocycles. The van der Waals surface area contributed by atoms with Gasteiger partial charge in [-0.2, -0.15) is 4.39 Å². The van der Waals surface area contributed by atoms with Crippen molar-refractivity contribution in [1.82, 2.24) is 15.6 Å². The molecule has 0 aliphatic carbocycles. The maximum Gasteiger partial charge on any atom is 0.407 e. The summed E-state index contributed by atoms with van der Waals surface area (Å²) in [6.07, 6.45) is -0.405. The molecule has 2 heterocycles. The van der Waals surface area contributed by atoms with Gasteiger partial charge in [-0.3, -0.25) is 5.32 Å². The number of ether oxygens (including phenoxy) is 2. The highest BCUT2D eigenvalue weighted by Gasteiger charge is 2.23. The fourth-order valence-corrected chi connectivity index (χ4v) is 2.43. The molecule has 2 unspecified atom stereocenters. The summed E-state index contributed by atoms with van der Waals surface area (Å²) in [6.45, 7) is 8.48. The number of nitrogens with one attached hydrogen (secondary N) is 2. The monoisotopic (exact) mass is 370 g/mol. The number of piperazine rings is 1. The molecule has 1 saturated heterocycles. The lowest BCUT2D eigenvalue weighted by atomic mass is 10.1. The Morgan fingerprint density at radius 3 is 2.96 bits per heavy atom. The van der Waals surface area contributed by atoms with Gasteiger partial charge in [-0.05, 0) is 27.7 Å². The first-order valence-corrected chi connectivity index (χ1v) is 8.58. The van der Waals surface area contributed by atoms with E-state index in [0.717, 1.165) is 0 Å². The van der Waals surface area contributed by atoms with E-state index in [1.807, 2.05) is 20.8 Å². The van der Waals surface area contributed by atoms with Crippen LogP contribution >= 0.6 is 0 Å². The van der Waals surface area contributed by atoms with E-state index in [9.17, 15) is 14.3 Å². The minimum Gasteiger partial charge on any atom is -0.486 e. The Balaban J connectivity index is 1.93. The SMILES string of the molecule is CC(COc1ccnc(N2CCNC(O)C2)c1F)OC(=O)NC(C)(C)C. The van der Waals surface area contributed by atoms with Crippen molar-refractivity contribution >= 4 is 11.9 Å². The smallest absolute Gasteiger partial charge is 0.407 e. The average Bonchev–Trinajstić information content (AvgIpc) is 2.52. The number of carbonyl (C=O) groups excluding carboxylic acids is 1. The van der Waals surface area contributed by atoms with Gasteiger partial charge in [-0.25, -0.2) is 9.78 Å². The minimum absolute atomic E-state index is 0.00210. The number of pyridine rings is 1. The molecule has 0 radical (unpaired) electrons. The van der Waals surface area contributed by atoms with Crippen molar-refractivity contribution in [3.63, 3.8) is 0 Å². The second kappa shape index (κ2) is 8.50. The lowest BCUT2D eigenvalue weighted by Gasteiger charge is -2.32. The van der Waals surface area contributed by atoms with E-state index in [-0.39, 0.29) is 24.7 Å². The molecular formula is C17H27FN4O4. The van der Waals surface area contributed by atoms with Crippen molar-refractivity contribution in [3.8, 4) is 5.75 Å². The number of halogens is 1. The van der Waals surface area contributed by atoms with Gasteiger partial charge in [0.05, 0.1) is 6.54 Å². The number of nitrogens with zero attached hydrogens (tertiary/aromatic N) is 2. The summed E-state index contributed by atoms with van der Waals surface area (Å²) in [5, 5.41) is 15.2. The molecule has 3 N–H and O–H groups in total. The third kappa shape index (κ3) is 5.99. The molecule has 1 aliphatic heterocycles. The maximum atomic E-state index is 14.7. The molecule has 2 atom stereocenters. The number of aliphatic hydroxyl groups is 1. The van der Waals surface area contributed by atoms with Crippen molar-refractivity contribution in [2.45, 2.75) is 45.6 Å². The number of hydrogen-bond donors (Lipinski definition) is 3. The first-order valence-electron chi connectivity index (χ1n) is 8.58. The lowest BCUT2D eigenvalue weighted by molar-refractivity contribution is 0.0696. The summed E-state index contributed by atoms with van der Waals surface area (Å²) in [5.74, 6) is -0.454. The Morgan fingerprint density at radius 2 is 2.31 bits per heavy atom. The first-order chi connectivity index (χ1) is 12.2. The normalized spacial score (nSPS) is 19.0. The average molecular weight is 370 g/mol. The molecule has 26 heavy (non-hydrogen) atoms. The molecule has 8 nitrogen and oxygen atoms in total. The summed E-state index contributed by atoms with van der Waals surface area (Å²) >= 11 is 0. The van der Waals surface area contributed by atoms with Crippen LogP contribution in [0, 0.1) is 5.82 Å². The second-order valence-electron chi connectivity index (χ2n) is 7.26. The van der Waals surface area contributed by atoms with E-state index < -0.39 is 29.8 Å². The van der Waals surface area contributed by atoms with Crippen molar-refractivity contribution in [2.75, 3.05) is 31.1 Å². The number of aliphatic hydroxyl groups excluding tert-OH is 1. The molecule has 1 aliphatic rings. The molecule has 9 heteroatoms. The number of alkyl carbamates (subject to hydrolysis) is 1. The first kappa shape index (κ1) is 20.2. The van der Waals surface area contributed by atoms with E-state index >= 15 is 0 Å². The fraction of sp³-hybridized carbons (Fsp3) is 0.647. The molecule has 0 spiro atoms. The second-order valence-corrected chi connectivity index (χ2v) is 7.26. The van der Waals surface area contributed by atoms with E-state index in [2.05, 4.69) is 15.6 Å². The quantitative estimate of drug-likeness (QED) is 0.718. The highest BCUT2D eigenvalue weighted by Crippen LogP contribution is 2.26. The van der Waals surface area contributed by atoms with Crippen LogP contribution < -0.4 is 20.3 Å². The number of aromatic nitrogens is 1. The number of anilines is 1. The highest BCUT2D eigenvalue weighted by molar-refractivity contribution is 5.68. The van der Waals surface area contributed by atoms with Crippen molar-refractivity contribution in [2.24, 2.45) is 0 Å². The van der Waals surface area contributed by atoms with Gasteiger partial charge in [0.2, 0.25) is 5.82 Å². The molecule has 0 bridgehead atoms. The number of β-amino-alcohol motifs (C(OH)–C–C–N with tert-alkyl or cyclic N) is 1. The minimum atomic E-state index is -0.732. The zero-order valence-corrected chi connectivity index (χ0v) is 15.6. The van der Waals surface area contributed by atoms with Crippen LogP contribution in [0.4, 0.5) is 15.0 Å². The van der Waals surface area contributed by atoms with Crippen LogP contribution in [0.25, 0.3) is 0 Å². The van der Waals surface area contributed by atoms with E-state index in [0.29, 0.717) is 13.1 Å². The molecule has 2 rings (SSSR count). The van der Waals surface area contributed by atoms with Crippen LogP contribution in [-0.2, 0) is 4.74 Å². The summed E-state index contributed by atoms with van der Waals surface area (Å²) < 4.78 is 25.3. The van der Waals surface area contributed by atoms with Gasteiger partial charge in [0.25, 0.3) is 0 Å². The van der Waals surface area contributed by atoms with Gasteiger partial charge in [-0.15, -0.1) is 0 Å². The standard InChI is InChI=1S/C17H27FN4O4/c1-11(26-16(24)21-17(2,3)4)10-25-12-5-6-20-15(14(12)18)22-8-7-19-13(23)9-22/h5-6,11,13,19,23H,7-10H2,1-4H3,(H,21,24). The van der Waals surface area contributed by atoms with Crippen LogP contribution in [0.2, 0.25) is 0 Å². The van der Waals surface area contributed by atoms with Gasteiger partial charge in [0.15, 0.2) is 11.6 Å². The van der Waals surface area contributed by atoms with Crippen LogP contribution in [0.3, 0.4) is 0 Å². The summed E-state index contributed by atoms with van der Waals surface area (Å²) in [4.78, 5) is 17.4. The molecule has 0 saturated carbocycles. The van der Waals surface area contributed by atoms with E-state index in [1.54, 1.807) is 11.8 Å². The predicted molar refractivity (Wildman–Crippen MR) is 94.7 cm³/mol. The van der Waals surface area contributed by atoms with Crippen molar-refractivity contribution < 1.29 is 23.8 Å². The Morgan fingerprint density at radius 1 is 1.58 bits per heavy atom.